The van der Waals surface area contributed by atoms with E-state index in [1.807, 2.05) is 30.3 Å². The minimum absolute atomic E-state index is 0.0138. The smallest absolute Gasteiger partial charge is 0.0945 e. The van der Waals surface area contributed by atoms with E-state index in [1.54, 1.807) is 0 Å². The average Bonchev–Trinajstić information content (AvgIpc) is 2.43. The summed E-state index contributed by atoms with van der Waals surface area (Å²) in [5.41, 5.74) is 0.921. The maximum Gasteiger partial charge on any atom is 0.0945 e. The lowest BCUT2D eigenvalue weighted by molar-refractivity contribution is 0.0751. The first-order valence-corrected chi connectivity index (χ1v) is 6.81. The standard InChI is InChI=1S/C15H25NO3/c1-12(2)14(16-8-10-19-11-9-17)15(18)13-6-4-3-5-7-13/h3-7,12,14-18H,8-11H2,1-2H3. The van der Waals surface area contributed by atoms with E-state index in [2.05, 4.69) is 19.2 Å². The van der Waals surface area contributed by atoms with Gasteiger partial charge in [-0.15, -0.1) is 0 Å². The first kappa shape index (κ1) is 16.1. The van der Waals surface area contributed by atoms with Crippen LogP contribution in [0.5, 0.6) is 0 Å². The first-order chi connectivity index (χ1) is 9.16. The van der Waals surface area contributed by atoms with E-state index in [0.717, 1.165) is 5.56 Å². The highest BCUT2D eigenvalue weighted by Crippen LogP contribution is 2.21. The molecule has 0 heterocycles. The van der Waals surface area contributed by atoms with Crippen LogP contribution in [-0.2, 0) is 4.74 Å². The molecule has 108 valence electrons. The first-order valence-electron chi connectivity index (χ1n) is 6.81. The molecule has 1 aromatic rings. The third kappa shape index (κ3) is 5.70. The molecule has 0 spiro atoms. The number of hydrogen-bond donors (Lipinski definition) is 3. The number of nitrogens with one attached hydrogen (secondary N) is 1. The van der Waals surface area contributed by atoms with Gasteiger partial charge in [0.1, 0.15) is 0 Å². The Morgan fingerprint density at radius 2 is 1.84 bits per heavy atom. The molecular weight excluding hydrogens is 242 g/mol. The van der Waals surface area contributed by atoms with Gasteiger partial charge in [-0.25, -0.2) is 0 Å². The Balaban J connectivity index is 2.48. The fourth-order valence-corrected chi connectivity index (χ4v) is 2.03. The van der Waals surface area contributed by atoms with Crippen molar-refractivity contribution >= 4 is 0 Å². The van der Waals surface area contributed by atoms with Crippen LogP contribution in [0, 0.1) is 5.92 Å². The number of rotatable bonds is 9. The molecule has 1 rings (SSSR count). The van der Waals surface area contributed by atoms with Crippen molar-refractivity contribution in [1.82, 2.24) is 5.32 Å². The predicted molar refractivity (Wildman–Crippen MR) is 75.9 cm³/mol. The highest BCUT2D eigenvalue weighted by molar-refractivity contribution is 5.19. The number of hydrogen-bond acceptors (Lipinski definition) is 4. The van der Waals surface area contributed by atoms with Crippen LogP contribution in [0.1, 0.15) is 25.5 Å². The summed E-state index contributed by atoms with van der Waals surface area (Å²) in [4.78, 5) is 0. The molecule has 0 fully saturated rings. The van der Waals surface area contributed by atoms with Crippen LogP contribution in [0.4, 0.5) is 0 Å². The predicted octanol–water partition coefficient (Wildman–Crippen LogP) is 1.34. The summed E-state index contributed by atoms with van der Waals surface area (Å²) in [6.45, 7) is 5.75. The summed E-state index contributed by atoms with van der Waals surface area (Å²) in [5, 5.41) is 22.3. The summed E-state index contributed by atoms with van der Waals surface area (Å²) in [6.07, 6.45) is -0.529. The van der Waals surface area contributed by atoms with E-state index in [0.29, 0.717) is 25.7 Å². The molecule has 0 amide bonds. The molecule has 0 aliphatic rings. The zero-order chi connectivity index (χ0) is 14.1. The zero-order valence-corrected chi connectivity index (χ0v) is 11.7. The van der Waals surface area contributed by atoms with Gasteiger partial charge in [-0.3, -0.25) is 0 Å². The molecule has 0 aliphatic carbocycles. The largest absolute Gasteiger partial charge is 0.394 e. The Bertz CT molecular complexity index is 329. The van der Waals surface area contributed by atoms with Crippen LogP contribution in [0.15, 0.2) is 30.3 Å². The van der Waals surface area contributed by atoms with Crippen molar-refractivity contribution in [2.24, 2.45) is 5.92 Å². The molecule has 2 atom stereocenters. The molecule has 0 saturated carbocycles. The van der Waals surface area contributed by atoms with Crippen molar-refractivity contribution in [3.63, 3.8) is 0 Å². The van der Waals surface area contributed by atoms with Gasteiger partial charge in [0.2, 0.25) is 0 Å². The Hall–Kier alpha value is -0.940. The molecule has 2 unspecified atom stereocenters. The van der Waals surface area contributed by atoms with Crippen LogP contribution in [0.2, 0.25) is 0 Å². The third-order valence-corrected chi connectivity index (χ3v) is 3.06. The van der Waals surface area contributed by atoms with Crippen molar-refractivity contribution in [1.29, 1.82) is 0 Å². The summed E-state index contributed by atoms with van der Waals surface area (Å²) in [6, 6.07) is 9.66. The quantitative estimate of drug-likeness (QED) is 0.591. The summed E-state index contributed by atoms with van der Waals surface area (Å²) < 4.78 is 5.20. The molecule has 4 heteroatoms. The van der Waals surface area contributed by atoms with Gasteiger partial charge in [-0.05, 0) is 11.5 Å². The van der Waals surface area contributed by atoms with Crippen molar-refractivity contribution in [3.05, 3.63) is 35.9 Å². The zero-order valence-electron chi connectivity index (χ0n) is 11.7. The molecule has 0 aliphatic heterocycles. The van der Waals surface area contributed by atoms with E-state index in [4.69, 9.17) is 9.84 Å². The summed E-state index contributed by atoms with van der Waals surface area (Å²) in [7, 11) is 0. The van der Waals surface area contributed by atoms with E-state index in [1.165, 1.54) is 0 Å². The highest BCUT2D eigenvalue weighted by Gasteiger charge is 2.23. The molecule has 1 aromatic carbocycles. The lowest BCUT2D eigenvalue weighted by atomic mass is 9.93. The Kier molecular flexibility index (Phi) is 7.67. The van der Waals surface area contributed by atoms with Gasteiger partial charge in [0.25, 0.3) is 0 Å². The molecule has 3 N–H and O–H groups in total. The van der Waals surface area contributed by atoms with Gasteiger partial charge in [0, 0.05) is 12.6 Å². The number of ether oxygens (including phenoxy) is 1. The number of aliphatic hydroxyl groups excluding tert-OH is 2. The second-order valence-electron chi connectivity index (χ2n) is 4.92. The van der Waals surface area contributed by atoms with E-state index >= 15 is 0 Å². The van der Waals surface area contributed by atoms with Gasteiger partial charge >= 0.3 is 0 Å². The van der Waals surface area contributed by atoms with Gasteiger partial charge < -0.3 is 20.3 Å². The Labute approximate surface area is 115 Å². The van der Waals surface area contributed by atoms with Crippen molar-refractivity contribution in [2.75, 3.05) is 26.4 Å². The molecular formula is C15H25NO3. The topological polar surface area (TPSA) is 61.7 Å². The van der Waals surface area contributed by atoms with Crippen LogP contribution in [-0.4, -0.2) is 42.6 Å². The molecule has 0 radical (unpaired) electrons. The molecule has 0 bridgehead atoms. The molecule has 19 heavy (non-hydrogen) atoms. The van der Waals surface area contributed by atoms with Crippen molar-refractivity contribution in [2.45, 2.75) is 26.0 Å². The SMILES string of the molecule is CC(C)C(NCCOCCO)C(O)c1ccccc1. The Morgan fingerprint density at radius 3 is 2.42 bits per heavy atom. The van der Waals surface area contributed by atoms with E-state index in [-0.39, 0.29) is 12.6 Å². The van der Waals surface area contributed by atoms with Crippen molar-refractivity contribution < 1.29 is 14.9 Å². The van der Waals surface area contributed by atoms with Crippen LogP contribution in [0.25, 0.3) is 0 Å². The monoisotopic (exact) mass is 267 g/mol. The lowest BCUT2D eigenvalue weighted by Gasteiger charge is -2.28. The minimum atomic E-state index is -0.529. The van der Waals surface area contributed by atoms with Crippen LogP contribution >= 0.6 is 0 Å². The fourth-order valence-electron chi connectivity index (χ4n) is 2.03. The lowest BCUT2D eigenvalue weighted by Crippen LogP contribution is -2.41. The Morgan fingerprint density at radius 1 is 1.16 bits per heavy atom. The minimum Gasteiger partial charge on any atom is -0.394 e. The molecule has 4 nitrogen and oxygen atoms in total. The number of aliphatic hydroxyl groups is 2. The van der Waals surface area contributed by atoms with Gasteiger partial charge in [0.05, 0.1) is 25.9 Å². The summed E-state index contributed by atoms with van der Waals surface area (Å²) in [5.74, 6) is 0.313. The molecule has 0 saturated heterocycles. The number of benzene rings is 1. The van der Waals surface area contributed by atoms with E-state index in [9.17, 15) is 5.11 Å². The normalized spacial score (nSPS) is 14.6. The third-order valence-electron chi connectivity index (χ3n) is 3.06. The van der Waals surface area contributed by atoms with Gasteiger partial charge in [-0.2, -0.15) is 0 Å². The average molecular weight is 267 g/mol. The van der Waals surface area contributed by atoms with Crippen LogP contribution < -0.4 is 5.32 Å². The maximum atomic E-state index is 10.4. The van der Waals surface area contributed by atoms with Crippen molar-refractivity contribution in [3.8, 4) is 0 Å². The maximum absolute atomic E-state index is 10.4. The second kappa shape index (κ2) is 9.04. The summed E-state index contributed by atoms with van der Waals surface area (Å²) >= 11 is 0. The molecule has 0 aromatic heterocycles. The van der Waals surface area contributed by atoms with Gasteiger partial charge in [0.15, 0.2) is 0 Å². The van der Waals surface area contributed by atoms with E-state index < -0.39 is 6.10 Å². The fraction of sp³-hybridized carbons (Fsp3) is 0.600. The van der Waals surface area contributed by atoms with Gasteiger partial charge in [-0.1, -0.05) is 44.2 Å². The van der Waals surface area contributed by atoms with Crippen LogP contribution in [0.3, 0.4) is 0 Å². The second-order valence-corrected chi connectivity index (χ2v) is 4.92. The highest BCUT2D eigenvalue weighted by atomic mass is 16.5.